The molecule has 3 aliphatic carbocycles. The maximum absolute atomic E-state index is 6.05. The molecule has 0 aromatic rings. The van der Waals surface area contributed by atoms with Crippen LogP contribution in [-0.2, 0) is 0 Å². The fourth-order valence-electron chi connectivity index (χ4n) is 3.22. The molecule has 1 heteroatoms. The molecule has 0 heterocycles. The summed E-state index contributed by atoms with van der Waals surface area (Å²) < 4.78 is 0. The van der Waals surface area contributed by atoms with E-state index < -0.39 is 0 Å². The second-order valence-electron chi connectivity index (χ2n) is 6.81. The standard InChI is InChI=1S/C14H25N/c1-13(2,15)8-7-10-5-6-11-9-12(10)14(11,3)4/h5,11-12H,6-9,15H2,1-4H3. The van der Waals surface area contributed by atoms with Gasteiger partial charge < -0.3 is 5.73 Å². The molecule has 3 rings (SSSR count). The van der Waals surface area contributed by atoms with Crippen molar-refractivity contribution >= 4 is 0 Å². The van der Waals surface area contributed by atoms with Crippen molar-refractivity contribution in [1.82, 2.24) is 0 Å². The molecule has 1 nitrogen and oxygen atoms in total. The van der Waals surface area contributed by atoms with E-state index in [0.717, 1.165) is 18.3 Å². The summed E-state index contributed by atoms with van der Waals surface area (Å²) in [6.45, 7) is 9.13. The van der Waals surface area contributed by atoms with Crippen LogP contribution in [0.2, 0.25) is 0 Å². The lowest BCUT2D eigenvalue weighted by molar-refractivity contribution is -0.00872. The van der Waals surface area contributed by atoms with Crippen LogP contribution in [0.1, 0.15) is 53.4 Å². The Bertz CT molecular complexity index is 280. The normalized spacial score (nSPS) is 33.3. The van der Waals surface area contributed by atoms with Gasteiger partial charge in [0.05, 0.1) is 0 Å². The van der Waals surface area contributed by atoms with Crippen molar-refractivity contribution in [3.8, 4) is 0 Å². The Balaban J connectivity index is 1.97. The fraction of sp³-hybridized carbons (Fsp3) is 0.857. The Morgan fingerprint density at radius 2 is 2.13 bits per heavy atom. The molecule has 0 saturated heterocycles. The van der Waals surface area contributed by atoms with Gasteiger partial charge in [-0.2, -0.15) is 0 Å². The molecule has 2 bridgehead atoms. The van der Waals surface area contributed by atoms with Crippen molar-refractivity contribution in [2.75, 3.05) is 0 Å². The summed E-state index contributed by atoms with van der Waals surface area (Å²) in [5.41, 5.74) is 8.31. The smallest absolute Gasteiger partial charge is 0.0100 e. The van der Waals surface area contributed by atoms with Crippen LogP contribution < -0.4 is 5.73 Å². The number of hydrogen-bond donors (Lipinski definition) is 1. The minimum absolute atomic E-state index is 0.00835. The molecule has 2 atom stereocenters. The van der Waals surface area contributed by atoms with E-state index in [4.69, 9.17) is 5.73 Å². The molecule has 86 valence electrons. The van der Waals surface area contributed by atoms with Crippen LogP contribution in [0.15, 0.2) is 11.6 Å². The molecule has 0 radical (unpaired) electrons. The summed E-state index contributed by atoms with van der Waals surface area (Å²) in [6.07, 6.45) is 7.57. The zero-order chi connectivity index (χ0) is 11.3. The average molecular weight is 207 g/mol. The summed E-state index contributed by atoms with van der Waals surface area (Å²) in [4.78, 5) is 0. The van der Waals surface area contributed by atoms with Crippen LogP contribution in [0.5, 0.6) is 0 Å². The molecule has 0 aromatic heterocycles. The first-order chi connectivity index (χ1) is 6.81. The van der Waals surface area contributed by atoms with Gasteiger partial charge in [0, 0.05) is 5.54 Å². The van der Waals surface area contributed by atoms with Gasteiger partial charge in [-0.25, -0.2) is 0 Å². The minimum atomic E-state index is -0.00835. The van der Waals surface area contributed by atoms with Crippen molar-refractivity contribution in [3.63, 3.8) is 0 Å². The molecule has 0 aromatic carbocycles. The SMILES string of the molecule is CC(C)(N)CCC1=CCC2CC1C2(C)C. The molecule has 3 aliphatic rings. The summed E-state index contributed by atoms with van der Waals surface area (Å²) >= 11 is 0. The Morgan fingerprint density at radius 1 is 1.47 bits per heavy atom. The molecule has 0 spiro atoms. The Hall–Kier alpha value is -0.300. The quantitative estimate of drug-likeness (QED) is 0.704. The molecule has 0 amide bonds. The van der Waals surface area contributed by atoms with Gasteiger partial charge >= 0.3 is 0 Å². The lowest BCUT2D eigenvalue weighted by Crippen LogP contribution is -2.48. The highest BCUT2D eigenvalue weighted by Crippen LogP contribution is 2.59. The third-order valence-electron chi connectivity index (χ3n) is 4.64. The van der Waals surface area contributed by atoms with Crippen LogP contribution in [0.3, 0.4) is 0 Å². The van der Waals surface area contributed by atoms with E-state index in [9.17, 15) is 0 Å². The minimum Gasteiger partial charge on any atom is -0.326 e. The first-order valence-electron chi connectivity index (χ1n) is 6.28. The van der Waals surface area contributed by atoms with Crippen molar-refractivity contribution < 1.29 is 0 Å². The highest BCUT2D eigenvalue weighted by Gasteiger charge is 2.50. The Kier molecular flexibility index (Phi) is 2.50. The predicted octanol–water partition coefficient (Wildman–Crippen LogP) is 3.50. The van der Waals surface area contributed by atoms with E-state index in [0.29, 0.717) is 5.41 Å². The Labute approximate surface area is 94.1 Å². The molecule has 0 aliphatic heterocycles. The first kappa shape index (κ1) is 11.2. The van der Waals surface area contributed by atoms with Gasteiger partial charge in [0.2, 0.25) is 0 Å². The molecular weight excluding hydrogens is 182 g/mol. The third kappa shape index (κ3) is 1.99. The topological polar surface area (TPSA) is 26.0 Å². The third-order valence-corrected chi connectivity index (χ3v) is 4.64. The van der Waals surface area contributed by atoms with Crippen molar-refractivity contribution in [1.29, 1.82) is 0 Å². The fourth-order valence-corrected chi connectivity index (χ4v) is 3.22. The highest BCUT2D eigenvalue weighted by molar-refractivity contribution is 5.23. The van der Waals surface area contributed by atoms with Crippen molar-refractivity contribution in [2.24, 2.45) is 23.0 Å². The van der Waals surface area contributed by atoms with Gasteiger partial charge in [-0.15, -0.1) is 0 Å². The summed E-state index contributed by atoms with van der Waals surface area (Å²) in [7, 11) is 0. The number of allylic oxidation sites excluding steroid dienone is 2. The van der Waals surface area contributed by atoms with E-state index in [-0.39, 0.29) is 5.54 Å². The molecule has 1 fully saturated rings. The molecule has 2 unspecified atom stereocenters. The van der Waals surface area contributed by atoms with E-state index in [1.807, 2.05) is 0 Å². The number of fused-ring (bicyclic) bond motifs is 1. The molecular formula is C14H25N. The lowest BCUT2D eigenvalue weighted by atomic mass is 9.48. The number of rotatable bonds is 3. The van der Waals surface area contributed by atoms with Crippen molar-refractivity contribution in [3.05, 3.63) is 11.6 Å². The molecule has 15 heavy (non-hydrogen) atoms. The second kappa shape index (κ2) is 3.35. The lowest BCUT2D eigenvalue weighted by Gasteiger charge is -2.56. The van der Waals surface area contributed by atoms with Gasteiger partial charge in [0.15, 0.2) is 0 Å². The summed E-state index contributed by atoms with van der Waals surface area (Å²) in [5, 5.41) is 0. The van der Waals surface area contributed by atoms with Crippen molar-refractivity contribution in [2.45, 2.75) is 58.9 Å². The summed E-state index contributed by atoms with van der Waals surface area (Å²) in [5.74, 6) is 1.82. The van der Waals surface area contributed by atoms with Crippen LogP contribution in [0.25, 0.3) is 0 Å². The van der Waals surface area contributed by atoms with Crippen LogP contribution in [0.4, 0.5) is 0 Å². The first-order valence-corrected chi connectivity index (χ1v) is 6.28. The highest BCUT2D eigenvalue weighted by atomic mass is 14.7. The zero-order valence-corrected chi connectivity index (χ0v) is 10.6. The van der Waals surface area contributed by atoms with Crippen LogP contribution in [0, 0.1) is 17.3 Å². The van der Waals surface area contributed by atoms with E-state index in [2.05, 4.69) is 33.8 Å². The number of hydrogen-bond acceptors (Lipinski definition) is 1. The van der Waals surface area contributed by atoms with Crippen LogP contribution in [-0.4, -0.2) is 5.54 Å². The van der Waals surface area contributed by atoms with Gasteiger partial charge in [0.25, 0.3) is 0 Å². The van der Waals surface area contributed by atoms with Crippen LogP contribution >= 0.6 is 0 Å². The Morgan fingerprint density at radius 3 is 2.60 bits per heavy atom. The zero-order valence-electron chi connectivity index (χ0n) is 10.6. The average Bonchev–Trinajstić information content (AvgIpc) is 2.13. The maximum atomic E-state index is 6.05. The predicted molar refractivity (Wildman–Crippen MR) is 65.6 cm³/mol. The van der Waals surface area contributed by atoms with Gasteiger partial charge in [-0.1, -0.05) is 25.5 Å². The van der Waals surface area contributed by atoms with Gasteiger partial charge in [0.1, 0.15) is 0 Å². The van der Waals surface area contributed by atoms with E-state index in [1.165, 1.54) is 19.3 Å². The number of nitrogens with two attached hydrogens (primary N) is 1. The van der Waals surface area contributed by atoms with E-state index >= 15 is 0 Å². The van der Waals surface area contributed by atoms with Gasteiger partial charge in [-0.3, -0.25) is 0 Å². The monoisotopic (exact) mass is 207 g/mol. The largest absolute Gasteiger partial charge is 0.326 e. The second-order valence-corrected chi connectivity index (χ2v) is 6.81. The molecule has 1 saturated carbocycles. The summed E-state index contributed by atoms with van der Waals surface area (Å²) in [6, 6.07) is 0. The maximum Gasteiger partial charge on any atom is 0.0100 e. The van der Waals surface area contributed by atoms with E-state index in [1.54, 1.807) is 5.57 Å². The van der Waals surface area contributed by atoms with Gasteiger partial charge in [-0.05, 0) is 56.8 Å². The molecule has 2 N–H and O–H groups in total.